The van der Waals surface area contributed by atoms with Crippen LogP contribution in [0.1, 0.15) is 12.0 Å². The molecule has 0 fully saturated rings. The van der Waals surface area contributed by atoms with Gasteiger partial charge in [-0.2, -0.15) is 0 Å². The van der Waals surface area contributed by atoms with E-state index in [4.69, 9.17) is 11.6 Å². The first-order valence-electron chi connectivity index (χ1n) is 5.11. The van der Waals surface area contributed by atoms with Crippen LogP contribution in [0.5, 0.6) is 0 Å². The quantitative estimate of drug-likeness (QED) is 0.762. The maximum absolute atomic E-state index is 11.2. The molecule has 4 nitrogen and oxygen atoms in total. The van der Waals surface area contributed by atoms with Gasteiger partial charge in [-0.3, -0.25) is 10.1 Å². The van der Waals surface area contributed by atoms with Crippen molar-refractivity contribution >= 4 is 34.5 Å². The third-order valence-corrected chi connectivity index (χ3v) is 3.25. The Morgan fingerprint density at radius 1 is 1.50 bits per heavy atom. The van der Waals surface area contributed by atoms with Crippen LogP contribution in [0.3, 0.4) is 0 Å². The topological polar surface area (TPSA) is 46.9 Å². The minimum absolute atomic E-state index is 0.0191. The van der Waals surface area contributed by atoms with Gasteiger partial charge in [-0.15, -0.1) is 0 Å². The lowest BCUT2D eigenvalue weighted by atomic mass is 10.2. The van der Waals surface area contributed by atoms with E-state index in [1.165, 1.54) is 0 Å². The predicted molar refractivity (Wildman–Crippen MR) is 62.7 cm³/mol. The first-order chi connectivity index (χ1) is 7.65. The minimum atomic E-state index is 0.0191. The highest BCUT2D eigenvalue weighted by Gasteiger charge is 2.19. The summed E-state index contributed by atoms with van der Waals surface area (Å²) >= 11 is 6.09. The third kappa shape index (κ3) is 1.30. The molecule has 82 valence electrons. The average molecular weight is 236 g/mol. The SMILES string of the molecule is Cc1cc2nc3n(c2cc1Cl)CCC(=O)N3. The molecule has 16 heavy (non-hydrogen) atoms. The highest BCUT2D eigenvalue weighted by molar-refractivity contribution is 6.32. The number of imidazole rings is 1. The number of carbonyl (C=O) groups excluding carboxylic acids is 1. The van der Waals surface area contributed by atoms with Crippen molar-refractivity contribution in [2.45, 2.75) is 19.9 Å². The summed E-state index contributed by atoms with van der Waals surface area (Å²) in [6.45, 7) is 2.61. The van der Waals surface area contributed by atoms with Crippen molar-refractivity contribution < 1.29 is 4.79 Å². The van der Waals surface area contributed by atoms with E-state index in [2.05, 4.69) is 10.3 Å². The number of rotatable bonds is 0. The summed E-state index contributed by atoms with van der Waals surface area (Å²) in [4.78, 5) is 15.6. The molecule has 1 aromatic heterocycles. The molecule has 0 unspecified atom stereocenters. The van der Waals surface area contributed by atoms with Gasteiger partial charge in [-0.1, -0.05) is 11.6 Å². The number of benzene rings is 1. The Hall–Kier alpha value is -1.55. The lowest BCUT2D eigenvalue weighted by Gasteiger charge is -2.14. The molecule has 5 heteroatoms. The Kier molecular flexibility index (Phi) is 1.94. The van der Waals surface area contributed by atoms with Gasteiger partial charge in [0.15, 0.2) is 0 Å². The second-order valence-corrected chi connectivity index (χ2v) is 4.38. The summed E-state index contributed by atoms with van der Waals surface area (Å²) in [6, 6.07) is 3.84. The van der Waals surface area contributed by atoms with E-state index in [9.17, 15) is 4.79 Å². The Bertz CT molecular complexity index is 603. The van der Waals surface area contributed by atoms with Crippen molar-refractivity contribution in [2.24, 2.45) is 0 Å². The Morgan fingerprint density at radius 2 is 2.31 bits per heavy atom. The van der Waals surface area contributed by atoms with E-state index in [0.717, 1.165) is 21.6 Å². The van der Waals surface area contributed by atoms with Crippen molar-refractivity contribution in [3.63, 3.8) is 0 Å². The first-order valence-corrected chi connectivity index (χ1v) is 5.49. The van der Waals surface area contributed by atoms with Crippen molar-refractivity contribution in [1.29, 1.82) is 0 Å². The fourth-order valence-electron chi connectivity index (χ4n) is 1.97. The van der Waals surface area contributed by atoms with Crippen LogP contribution in [0, 0.1) is 6.92 Å². The molecule has 2 aromatic rings. The zero-order valence-corrected chi connectivity index (χ0v) is 9.51. The van der Waals surface area contributed by atoms with Crippen molar-refractivity contribution in [3.8, 4) is 0 Å². The zero-order valence-electron chi connectivity index (χ0n) is 8.75. The molecule has 1 amide bonds. The number of nitrogens with zero attached hydrogens (tertiary/aromatic N) is 2. The minimum Gasteiger partial charge on any atom is -0.309 e. The number of halogens is 1. The molecular weight excluding hydrogens is 226 g/mol. The molecule has 3 rings (SSSR count). The average Bonchev–Trinajstić information content (AvgIpc) is 2.55. The number of carbonyl (C=O) groups is 1. The maximum atomic E-state index is 11.2. The highest BCUT2D eigenvalue weighted by atomic mass is 35.5. The normalized spacial score (nSPS) is 15.0. The summed E-state index contributed by atoms with van der Waals surface area (Å²) in [7, 11) is 0. The van der Waals surface area contributed by atoms with Crippen molar-refractivity contribution in [1.82, 2.24) is 9.55 Å². The van der Waals surface area contributed by atoms with Crippen LogP contribution < -0.4 is 5.32 Å². The third-order valence-electron chi connectivity index (χ3n) is 2.84. The summed E-state index contributed by atoms with van der Waals surface area (Å²) in [5.41, 5.74) is 2.85. The smallest absolute Gasteiger partial charge is 0.228 e. The van der Waals surface area contributed by atoms with E-state index in [0.29, 0.717) is 18.9 Å². The summed E-state index contributed by atoms with van der Waals surface area (Å²) in [6.07, 6.45) is 0.490. The predicted octanol–water partition coefficient (Wildman–Crippen LogP) is 2.34. The highest BCUT2D eigenvalue weighted by Crippen LogP contribution is 2.27. The zero-order chi connectivity index (χ0) is 11.3. The van der Waals surface area contributed by atoms with Gasteiger partial charge in [0.05, 0.1) is 11.0 Å². The van der Waals surface area contributed by atoms with Gasteiger partial charge in [0.1, 0.15) is 0 Å². The van der Waals surface area contributed by atoms with Gasteiger partial charge in [0, 0.05) is 18.0 Å². The molecule has 1 aliphatic rings. The molecule has 0 radical (unpaired) electrons. The second-order valence-electron chi connectivity index (χ2n) is 3.98. The molecule has 0 saturated carbocycles. The van der Waals surface area contributed by atoms with E-state index >= 15 is 0 Å². The van der Waals surface area contributed by atoms with Crippen LogP contribution in [0.25, 0.3) is 11.0 Å². The van der Waals surface area contributed by atoms with Gasteiger partial charge in [0.25, 0.3) is 0 Å². The number of anilines is 1. The van der Waals surface area contributed by atoms with E-state index < -0.39 is 0 Å². The largest absolute Gasteiger partial charge is 0.309 e. The summed E-state index contributed by atoms with van der Waals surface area (Å²) < 4.78 is 1.99. The molecule has 0 bridgehead atoms. The maximum Gasteiger partial charge on any atom is 0.228 e. The number of hydrogen-bond donors (Lipinski definition) is 1. The van der Waals surface area contributed by atoms with Crippen LogP contribution in [-0.2, 0) is 11.3 Å². The Morgan fingerprint density at radius 3 is 3.12 bits per heavy atom. The molecule has 0 saturated heterocycles. The van der Waals surface area contributed by atoms with Crippen LogP contribution in [-0.4, -0.2) is 15.5 Å². The van der Waals surface area contributed by atoms with Gasteiger partial charge < -0.3 is 4.57 Å². The van der Waals surface area contributed by atoms with E-state index in [1.54, 1.807) is 0 Å². The fourth-order valence-corrected chi connectivity index (χ4v) is 2.13. The second kappa shape index (κ2) is 3.22. The standard InChI is InChI=1S/C11H10ClN3O/c1-6-4-8-9(5-7(6)12)15-3-2-10(16)14-11(15)13-8/h4-5H,2-3H2,1H3,(H,13,14,16). The van der Waals surface area contributed by atoms with Crippen LogP contribution in [0.15, 0.2) is 12.1 Å². The number of nitrogens with one attached hydrogen (secondary N) is 1. The Labute approximate surface area is 97.2 Å². The van der Waals surface area contributed by atoms with Gasteiger partial charge in [-0.05, 0) is 24.6 Å². The molecule has 1 aliphatic heterocycles. The monoisotopic (exact) mass is 235 g/mol. The first kappa shape index (κ1) is 9.66. The molecular formula is C11H10ClN3O. The van der Waals surface area contributed by atoms with E-state index in [1.807, 2.05) is 23.6 Å². The van der Waals surface area contributed by atoms with Gasteiger partial charge in [-0.25, -0.2) is 4.98 Å². The van der Waals surface area contributed by atoms with Gasteiger partial charge >= 0.3 is 0 Å². The number of aromatic nitrogens is 2. The fraction of sp³-hybridized carbons (Fsp3) is 0.273. The van der Waals surface area contributed by atoms with Crippen LogP contribution in [0.4, 0.5) is 5.95 Å². The number of amides is 1. The lowest BCUT2D eigenvalue weighted by Crippen LogP contribution is -2.23. The van der Waals surface area contributed by atoms with Crippen LogP contribution in [0.2, 0.25) is 5.02 Å². The molecule has 2 heterocycles. The molecule has 0 spiro atoms. The lowest BCUT2D eigenvalue weighted by molar-refractivity contribution is -0.116. The van der Waals surface area contributed by atoms with Crippen LogP contribution >= 0.6 is 11.6 Å². The summed E-state index contributed by atoms with van der Waals surface area (Å²) in [5, 5.41) is 3.49. The van der Waals surface area contributed by atoms with Crippen molar-refractivity contribution in [3.05, 3.63) is 22.7 Å². The van der Waals surface area contributed by atoms with Gasteiger partial charge in [0.2, 0.25) is 11.9 Å². The number of aryl methyl sites for hydroxylation is 2. The number of hydrogen-bond acceptors (Lipinski definition) is 2. The van der Waals surface area contributed by atoms with Crippen molar-refractivity contribution in [2.75, 3.05) is 5.32 Å². The molecule has 1 aromatic carbocycles. The Balaban J connectivity index is 2.29. The molecule has 0 atom stereocenters. The van der Waals surface area contributed by atoms with E-state index in [-0.39, 0.29) is 5.91 Å². The molecule has 1 N–H and O–H groups in total. The number of fused-ring (bicyclic) bond motifs is 3. The molecule has 0 aliphatic carbocycles. The summed E-state index contributed by atoms with van der Waals surface area (Å²) in [5.74, 6) is 0.638.